The fourth-order valence-electron chi connectivity index (χ4n) is 5.99. The maximum atomic E-state index is 6.83. The molecule has 1 aromatic rings. The van der Waals surface area contributed by atoms with Crippen molar-refractivity contribution < 1.29 is 4.74 Å². The predicted molar refractivity (Wildman–Crippen MR) is 111 cm³/mol. The lowest BCUT2D eigenvalue weighted by Gasteiger charge is -2.41. The maximum Gasteiger partial charge on any atom is 0.127 e. The van der Waals surface area contributed by atoms with Crippen LogP contribution in [0.5, 0.6) is 0 Å². The molecule has 3 unspecified atom stereocenters. The molecule has 0 amide bonds. The van der Waals surface area contributed by atoms with Crippen molar-refractivity contribution in [2.24, 2.45) is 29.6 Å². The first-order chi connectivity index (χ1) is 13.2. The van der Waals surface area contributed by atoms with E-state index in [1.165, 1.54) is 61.6 Å². The summed E-state index contributed by atoms with van der Waals surface area (Å²) < 4.78 is 6.83. The highest BCUT2D eigenvalue weighted by molar-refractivity contribution is 5.40. The van der Waals surface area contributed by atoms with Crippen molar-refractivity contribution in [3.8, 4) is 0 Å². The molecule has 5 rings (SSSR count). The summed E-state index contributed by atoms with van der Waals surface area (Å²) in [5, 5.41) is 0. The second-order valence-corrected chi connectivity index (χ2v) is 9.40. The second-order valence-electron chi connectivity index (χ2n) is 9.40. The first-order valence-electron chi connectivity index (χ1n) is 11.0. The van der Waals surface area contributed by atoms with Crippen molar-refractivity contribution in [1.82, 2.24) is 0 Å². The Morgan fingerprint density at radius 1 is 1.11 bits per heavy atom. The van der Waals surface area contributed by atoms with E-state index in [1.54, 1.807) is 0 Å². The third-order valence-electron chi connectivity index (χ3n) is 7.53. The third-order valence-corrected chi connectivity index (χ3v) is 7.53. The van der Waals surface area contributed by atoms with Crippen LogP contribution in [-0.4, -0.2) is 0 Å². The van der Waals surface area contributed by atoms with Crippen molar-refractivity contribution in [1.29, 1.82) is 0 Å². The molecule has 0 radical (unpaired) electrons. The Balaban J connectivity index is 1.45. The van der Waals surface area contributed by atoms with Gasteiger partial charge in [-0.15, -0.1) is 0 Å². The van der Waals surface area contributed by atoms with Crippen molar-refractivity contribution in [2.75, 3.05) is 0 Å². The Kier molecular flexibility index (Phi) is 4.50. The summed E-state index contributed by atoms with van der Waals surface area (Å²) in [6, 6.07) is 9.00. The summed E-state index contributed by atoms with van der Waals surface area (Å²) in [4.78, 5) is 0. The lowest BCUT2D eigenvalue weighted by Crippen LogP contribution is -2.31. The van der Waals surface area contributed by atoms with Gasteiger partial charge in [-0.3, -0.25) is 0 Å². The normalized spacial score (nSPS) is 37.4. The minimum absolute atomic E-state index is 0.217. The van der Waals surface area contributed by atoms with E-state index in [9.17, 15) is 0 Å². The SMILES string of the molecule is C=CC1=CC(O[C@H]2c3ccccc3CC[C@@H]2C2CCC[C@@H](C)C2)=CC2CC12. The molecule has 6 atom stereocenters. The zero-order chi connectivity index (χ0) is 18.4. The molecule has 2 saturated carbocycles. The van der Waals surface area contributed by atoms with Crippen LogP contribution in [0.4, 0.5) is 0 Å². The summed E-state index contributed by atoms with van der Waals surface area (Å²) in [7, 11) is 0. The molecule has 0 N–H and O–H groups in total. The zero-order valence-electron chi connectivity index (χ0n) is 16.6. The molecule has 1 aromatic carbocycles. The standard InChI is InChI=1S/C26H32O/c1-3-18-14-22(15-21-16-25(18)21)27-26-23-10-5-4-8-19(23)11-12-24(26)20-9-6-7-17(2)13-20/h3-5,8,10,14-15,17,20-21,24-26H,1,6-7,9,11-13,16H2,2H3/t17-,20?,21?,24-,25?,26+/m1/s1. The number of hydrogen-bond donors (Lipinski definition) is 0. The molecule has 0 bridgehead atoms. The van der Waals surface area contributed by atoms with Gasteiger partial charge in [0.1, 0.15) is 11.9 Å². The van der Waals surface area contributed by atoms with Gasteiger partial charge < -0.3 is 4.74 Å². The predicted octanol–water partition coefficient (Wildman–Crippen LogP) is 6.78. The number of benzene rings is 1. The Bertz CT molecular complexity index is 785. The quantitative estimate of drug-likeness (QED) is 0.575. The van der Waals surface area contributed by atoms with E-state index >= 15 is 0 Å². The molecule has 4 aliphatic carbocycles. The van der Waals surface area contributed by atoms with Crippen LogP contribution in [0.3, 0.4) is 0 Å². The molecular formula is C26H32O. The summed E-state index contributed by atoms with van der Waals surface area (Å²) >= 11 is 0. The first-order valence-corrected chi connectivity index (χ1v) is 11.0. The Morgan fingerprint density at radius 2 is 2.00 bits per heavy atom. The van der Waals surface area contributed by atoms with Crippen molar-refractivity contribution in [3.05, 3.63) is 71.5 Å². The van der Waals surface area contributed by atoms with Gasteiger partial charge in [0.25, 0.3) is 0 Å². The molecule has 0 heterocycles. The van der Waals surface area contributed by atoms with Gasteiger partial charge >= 0.3 is 0 Å². The number of hydrogen-bond acceptors (Lipinski definition) is 1. The van der Waals surface area contributed by atoms with Crippen molar-refractivity contribution in [2.45, 2.75) is 58.0 Å². The van der Waals surface area contributed by atoms with Crippen LogP contribution < -0.4 is 0 Å². The second kappa shape index (κ2) is 7.00. The average molecular weight is 361 g/mol. The lowest BCUT2D eigenvalue weighted by molar-refractivity contribution is 0.0131. The van der Waals surface area contributed by atoms with Gasteiger partial charge in [0.15, 0.2) is 0 Å². The Labute approximate surface area is 164 Å². The number of aryl methyl sites for hydroxylation is 1. The molecule has 0 aliphatic heterocycles. The van der Waals surface area contributed by atoms with Gasteiger partial charge in [0.05, 0.1) is 0 Å². The van der Waals surface area contributed by atoms with Gasteiger partial charge in [0, 0.05) is 5.92 Å². The van der Waals surface area contributed by atoms with Crippen molar-refractivity contribution in [3.63, 3.8) is 0 Å². The average Bonchev–Trinajstić information content (AvgIpc) is 3.47. The minimum Gasteiger partial charge on any atom is -0.486 e. The first kappa shape index (κ1) is 17.3. The topological polar surface area (TPSA) is 9.23 Å². The fraction of sp³-hybridized carbons (Fsp3) is 0.538. The van der Waals surface area contributed by atoms with Crippen LogP contribution in [0.25, 0.3) is 0 Å². The van der Waals surface area contributed by atoms with Crippen LogP contribution in [-0.2, 0) is 11.2 Å². The van der Waals surface area contributed by atoms with Crippen molar-refractivity contribution >= 4 is 0 Å². The summed E-state index contributed by atoms with van der Waals surface area (Å²) in [6.45, 7) is 6.46. The molecule has 1 heteroatoms. The fourth-order valence-corrected chi connectivity index (χ4v) is 5.99. The highest BCUT2D eigenvalue weighted by atomic mass is 16.5. The summed E-state index contributed by atoms with van der Waals surface area (Å²) in [5.74, 6) is 4.83. The van der Waals surface area contributed by atoms with Crippen LogP contribution >= 0.6 is 0 Å². The third kappa shape index (κ3) is 3.30. The maximum absolute atomic E-state index is 6.83. The van der Waals surface area contributed by atoms with Crippen LogP contribution in [0.2, 0.25) is 0 Å². The van der Waals surface area contributed by atoms with E-state index in [1.807, 2.05) is 6.08 Å². The Morgan fingerprint density at radius 3 is 2.85 bits per heavy atom. The lowest BCUT2D eigenvalue weighted by atomic mass is 9.68. The van der Waals surface area contributed by atoms with Crippen LogP contribution in [0.15, 0.2) is 60.4 Å². The van der Waals surface area contributed by atoms with Crippen LogP contribution in [0, 0.1) is 29.6 Å². The number of ether oxygens (including phenoxy) is 1. The van der Waals surface area contributed by atoms with E-state index in [-0.39, 0.29) is 6.10 Å². The van der Waals surface area contributed by atoms with E-state index in [2.05, 4.69) is 49.9 Å². The monoisotopic (exact) mass is 360 g/mol. The zero-order valence-corrected chi connectivity index (χ0v) is 16.6. The number of fused-ring (bicyclic) bond motifs is 2. The summed E-state index contributed by atoms with van der Waals surface area (Å²) in [6.07, 6.45) is 16.2. The molecule has 0 aromatic heterocycles. The smallest absolute Gasteiger partial charge is 0.127 e. The van der Waals surface area contributed by atoms with Gasteiger partial charge in [-0.25, -0.2) is 0 Å². The summed E-state index contributed by atoms with van der Waals surface area (Å²) in [5.41, 5.74) is 4.32. The molecule has 0 saturated heterocycles. The van der Waals surface area contributed by atoms with Gasteiger partial charge in [-0.2, -0.15) is 0 Å². The van der Waals surface area contributed by atoms with Gasteiger partial charge in [-0.1, -0.05) is 63.1 Å². The highest BCUT2D eigenvalue weighted by Gasteiger charge is 2.42. The van der Waals surface area contributed by atoms with Gasteiger partial charge in [0.2, 0.25) is 0 Å². The molecule has 0 spiro atoms. The number of rotatable bonds is 4. The molecule has 2 fully saturated rings. The molecule has 1 nitrogen and oxygen atoms in total. The molecule has 4 aliphatic rings. The molecular weight excluding hydrogens is 328 g/mol. The van der Waals surface area contributed by atoms with E-state index in [4.69, 9.17) is 4.74 Å². The van der Waals surface area contributed by atoms with E-state index < -0.39 is 0 Å². The van der Waals surface area contributed by atoms with Crippen LogP contribution in [0.1, 0.15) is 62.7 Å². The highest BCUT2D eigenvalue weighted by Crippen LogP contribution is 2.52. The molecule has 27 heavy (non-hydrogen) atoms. The molecule has 142 valence electrons. The number of allylic oxidation sites excluding steroid dienone is 4. The van der Waals surface area contributed by atoms with E-state index in [0.717, 1.165) is 17.6 Å². The van der Waals surface area contributed by atoms with E-state index in [0.29, 0.717) is 17.8 Å². The largest absolute Gasteiger partial charge is 0.486 e. The Hall–Kier alpha value is -1.76. The minimum atomic E-state index is 0.217. The van der Waals surface area contributed by atoms with Gasteiger partial charge in [-0.05, 0) is 78.2 Å².